The Morgan fingerprint density at radius 1 is 1.16 bits per heavy atom. The third-order valence-corrected chi connectivity index (χ3v) is 7.80. The summed E-state index contributed by atoms with van der Waals surface area (Å²) in [5, 5.41) is 2.77. The van der Waals surface area contributed by atoms with Crippen molar-refractivity contribution in [3.05, 3.63) is 28.2 Å². The Bertz CT molecular complexity index is 803. The van der Waals surface area contributed by atoms with E-state index in [4.69, 9.17) is 0 Å². The maximum absolute atomic E-state index is 12.8. The third kappa shape index (κ3) is 3.31. The van der Waals surface area contributed by atoms with E-state index in [0.29, 0.717) is 25.8 Å². The molecule has 2 fully saturated rings. The van der Waals surface area contributed by atoms with Gasteiger partial charge in [0.15, 0.2) is 0 Å². The Hall–Kier alpha value is -1.13. The Balaban J connectivity index is 1.82. The van der Waals surface area contributed by atoms with Crippen molar-refractivity contribution < 1.29 is 26.4 Å². The molecule has 2 heterocycles. The fraction of sp³-hybridized carbons (Fsp3) is 0.533. The minimum atomic E-state index is -4.54. The number of halogens is 4. The number of rotatable bonds is 2. The molecule has 1 aromatic rings. The van der Waals surface area contributed by atoms with Gasteiger partial charge in [0.2, 0.25) is 15.9 Å². The summed E-state index contributed by atoms with van der Waals surface area (Å²) in [7, 11) is -3.93. The molecule has 1 aromatic carbocycles. The van der Waals surface area contributed by atoms with Gasteiger partial charge in [-0.1, -0.05) is 0 Å². The summed E-state index contributed by atoms with van der Waals surface area (Å²) in [5.41, 5.74) is -1.43. The van der Waals surface area contributed by atoms with Crippen LogP contribution in [-0.2, 0) is 21.0 Å². The highest BCUT2D eigenvalue weighted by Crippen LogP contribution is 2.40. The molecule has 0 bridgehead atoms. The predicted molar refractivity (Wildman–Crippen MR) is 87.2 cm³/mol. The van der Waals surface area contributed by atoms with Gasteiger partial charge < -0.3 is 5.32 Å². The van der Waals surface area contributed by atoms with Crippen LogP contribution in [0, 0.1) is 5.41 Å². The quantitative estimate of drug-likeness (QED) is 0.768. The molecular formula is C15H16BrF3N2O3S. The molecule has 2 saturated heterocycles. The van der Waals surface area contributed by atoms with Gasteiger partial charge >= 0.3 is 6.18 Å². The highest BCUT2D eigenvalue weighted by atomic mass is 79.9. The Labute approximate surface area is 151 Å². The maximum Gasteiger partial charge on any atom is 0.416 e. The molecule has 0 radical (unpaired) electrons. The molecule has 2 aliphatic rings. The molecule has 2 aliphatic heterocycles. The average molecular weight is 441 g/mol. The smallest absolute Gasteiger partial charge is 0.356 e. The average Bonchev–Trinajstić information content (AvgIpc) is 2.87. The van der Waals surface area contributed by atoms with Crippen LogP contribution < -0.4 is 5.32 Å². The van der Waals surface area contributed by atoms with Crippen LogP contribution in [-0.4, -0.2) is 38.3 Å². The standard InChI is InChI=1S/C15H16BrF3N2O3S/c16-11-9-10(15(17,18)19)1-2-12(11)25(23,24)21-7-4-14(5-8-21)3-6-20-13(14)22/h1-2,9H,3-8H2,(H,20,22). The second-order valence-corrected chi connectivity index (χ2v) is 9.09. The van der Waals surface area contributed by atoms with E-state index in [9.17, 15) is 26.4 Å². The van der Waals surface area contributed by atoms with Gasteiger partial charge in [0, 0.05) is 24.1 Å². The van der Waals surface area contributed by atoms with Crippen LogP contribution in [0.15, 0.2) is 27.6 Å². The third-order valence-electron chi connectivity index (χ3n) is 4.93. The SMILES string of the molecule is O=C1NCCC12CCN(S(=O)(=O)c1ccc(C(F)(F)F)cc1Br)CC2. The van der Waals surface area contributed by atoms with Crippen molar-refractivity contribution in [3.8, 4) is 0 Å². The van der Waals surface area contributed by atoms with Gasteiger partial charge in [-0.15, -0.1) is 0 Å². The number of alkyl halides is 3. The number of carbonyl (C=O) groups is 1. The summed E-state index contributed by atoms with van der Waals surface area (Å²) in [6.45, 7) is 0.933. The second-order valence-electron chi connectivity index (χ2n) is 6.33. The van der Waals surface area contributed by atoms with Gasteiger partial charge in [-0.05, 0) is 53.4 Å². The number of sulfonamides is 1. The van der Waals surface area contributed by atoms with Crippen LogP contribution >= 0.6 is 15.9 Å². The Morgan fingerprint density at radius 2 is 1.80 bits per heavy atom. The van der Waals surface area contributed by atoms with Crippen LogP contribution in [0.25, 0.3) is 0 Å². The highest BCUT2D eigenvalue weighted by molar-refractivity contribution is 9.10. The lowest BCUT2D eigenvalue weighted by atomic mass is 9.78. The van der Waals surface area contributed by atoms with Crippen molar-refractivity contribution in [2.75, 3.05) is 19.6 Å². The van der Waals surface area contributed by atoms with E-state index in [1.807, 2.05) is 0 Å². The van der Waals surface area contributed by atoms with Crippen molar-refractivity contribution in [3.63, 3.8) is 0 Å². The van der Waals surface area contributed by atoms with Crippen LogP contribution in [0.4, 0.5) is 13.2 Å². The van der Waals surface area contributed by atoms with Crippen molar-refractivity contribution in [2.24, 2.45) is 5.41 Å². The lowest BCUT2D eigenvalue weighted by Crippen LogP contribution is -2.46. The first-order chi connectivity index (χ1) is 11.6. The number of carbonyl (C=O) groups excluding carboxylic acids is 1. The molecule has 5 nitrogen and oxygen atoms in total. The molecule has 0 atom stereocenters. The lowest BCUT2D eigenvalue weighted by molar-refractivity contribution is -0.137. The van der Waals surface area contributed by atoms with E-state index in [-0.39, 0.29) is 28.4 Å². The number of nitrogens with one attached hydrogen (secondary N) is 1. The predicted octanol–water partition coefficient (Wildman–Crippen LogP) is 2.76. The first-order valence-electron chi connectivity index (χ1n) is 7.71. The van der Waals surface area contributed by atoms with Crippen molar-refractivity contribution in [1.29, 1.82) is 0 Å². The normalized spacial score (nSPS) is 21.5. The first-order valence-corrected chi connectivity index (χ1v) is 9.95. The molecule has 0 aliphatic carbocycles. The summed E-state index contributed by atoms with van der Waals surface area (Å²) < 4.78 is 64.9. The van der Waals surface area contributed by atoms with Gasteiger partial charge in [-0.2, -0.15) is 17.5 Å². The van der Waals surface area contributed by atoms with Crippen LogP contribution in [0.5, 0.6) is 0 Å². The van der Waals surface area contributed by atoms with E-state index in [2.05, 4.69) is 21.2 Å². The summed E-state index contributed by atoms with van der Waals surface area (Å²) in [4.78, 5) is 11.8. The molecule has 138 valence electrons. The summed E-state index contributed by atoms with van der Waals surface area (Å²) in [6.07, 6.45) is -3.03. The molecule has 1 N–H and O–H groups in total. The van der Waals surface area contributed by atoms with E-state index >= 15 is 0 Å². The van der Waals surface area contributed by atoms with E-state index in [1.165, 1.54) is 4.31 Å². The zero-order chi connectivity index (χ0) is 18.5. The number of nitrogens with zero attached hydrogens (tertiary/aromatic N) is 1. The number of piperidine rings is 1. The van der Waals surface area contributed by atoms with E-state index < -0.39 is 27.2 Å². The minimum Gasteiger partial charge on any atom is -0.356 e. The second kappa shape index (κ2) is 6.24. The molecular weight excluding hydrogens is 425 g/mol. The summed E-state index contributed by atoms with van der Waals surface area (Å²) in [5.74, 6) is -0.0414. The van der Waals surface area contributed by atoms with Crippen LogP contribution in [0.2, 0.25) is 0 Å². The molecule has 0 unspecified atom stereocenters. The van der Waals surface area contributed by atoms with E-state index in [1.54, 1.807) is 0 Å². The zero-order valence-corrected chi connectivity index (χ0v) is 15.5. The largest absolute Gasteiger partial charge is 0.416 e. The van der Waals surface area contributed by atoms with Crippen molar-refractivity contribution in [2.45, 2.75) is 30.3 Å². The van der Waals surface area contributed by atoms with Crippen LogP contribution in [0.1, 0.15) is 24.8 Å². The molecule has 25 heavy (non-hydrogen) atoms. The Morgan fingerprint density at radius 3 is 2.28 bits per heavy atom. The van der Waals surface area contributed by atoms with Gasteiger partial charge in [0.1, 0.15) is 0 Å². The maximum atomic E-state index is 12.8. The number of benzene rings is 1. The molecule has 10 heteroatoms. The molecule has 3 rings (SSSR count). The molecule has 0 aromatic heterocycles. The molecule has 1 amide bonds. The van der Waals surface area contributed by atoms with Crippen molar-refractivity contribution >= 4 is 31.9 Å². The van der Waals surface area contributed by atoms with Gasteiger partial charge in [0.05, 0.1) is 15.9 Å². The summed E-state index contributed by atoms with van der Waals surface area (Å²) in [6, 6.07) is 2.49. The first kappa shape index (κ1) is 18.7. The highest BCUT2D eigenvalue weighted by Gasteiger charge is 2.46. The fourth-order valence-corrected chi connectivity index (χ4v) is 5.85. The zero-order valence-electron chi connectivity index (χ0n) is 13.1. The molecule has 0 saturated carbocycles. The fourth-order valence-electron chi connectivity index (χ4n) is 3.37. The van der Waals surface area contributed by atoms with Gasteiger partial charge in [0.25, 0.3) is 0 Å². The van der Waals surface area contributed by atoms with Crippen LogP contribution in [0.3, 0.4) is 0 Å². The van der Waals surface area contributed by atoms with Gasteiger partial charge in [-0.25, -0.2) is 8.42 Å². The number of hydrogen-bond acceptors (Lipinski definition) is 3. The topological polar surface area (TPSA) is 66.5 Å². The lowest BCUT2D eigenvalue weighted by Gasteiger charge is -2.36. The number of amides is 1. The Kier molecular flexibility index (Phi) is 4.66. The monoisotopic (exact) mass is 440 g/mol. The number of hydrogen-bond donors (Lipinski definition) is 1. The van der Waals surface area contributed by atoms with Crippen molar-refractivity contribution in [1.82, 2.24) is 9.62 Å². The van der Waals surface area contributed by atoms with Gasteiger partial charge in [-0.3, -0.25) is 4.79 Å². The summed E-state index contributed by atoms with van der Waals surface area (Å²) >= 11 is 2.94. The van der Waals surface area contributed by atoms with E-state index in [0.717, 1.165) is 18.2 Å². The minimum absolute atomic E-state index is 0.0414. The molecule has 1 spiro atoms.